The number of hydrogen-bond acceptors (Lipinski definition) is 3. The molecule has 0 aromatic heterocycles. The Labute approximate surface area is 118 Å². The highest BCUT2D eigenvalue weighted by Gasteiger charge is 2.44. The molecule has 2 aliphatic rings. The van der Waals surface area contributed by atoms with Crippen LogP contribution >= 0.6 is 0 Å². The maximum Gasteiger partial charge on any atom is 0.389 e. The van der Waals surface area contributed by atoms with Crippen LogP contribution in [0.5, 0.6) is 0 Å². The molecule has 3 nitrogen and oxygen atoms in total. The lowest BCUT2D eigenvalue weighted by atomic mass is 9.83. The molecule has 2 N–H and O–H groups in total. The van der Waals surface area contributed by atoms with Crippen molar-refractivity contribution in [1.82, 2.24) is 4.90 Å². The van der Waals surface area contributed by atoms with Gasteiger partial charge in [0, 0.05) is 31.1 Å². The third kappa shape index (κ3) is 3.86. The number of morpholine rings is 1. The molecule has 1 heterocycles. The molecule has 2 fully saturated rings. The van der Waals surface area contributed by atoms with Crippen molar-refractivity contribution in [1.29, 1.82) is 0 Å². The van der Waals surface area contributed by atoms with Gasteiger partial charge in [0.2, 0.25) is 0 Å². The van der Waals surface area contributed by atoms with Crippen LogP contribution < -0.4 is 5.73 Å². The van der Waals surface area contributed by atoms with Crippen LogP contribution in [0, 0.1) is 0 Å². The summed E-state index contributed by atoms with van der Waals surface area (Å²) in [6.07, 6.45) is 0.0874. The molecule has 0 bridgehead atoms. The Morgan fingerprint density at radius 1 is 1.15 bits per heavy atom. The van der Waals surface area contributed by atoms with E-state index in [0.717, 1.165) is 38.8 Å². The van der Waals surface area contributed by atoms with Crippen molar-refractivity contribution < 1.29 is 17.9 Å². The molecule has 1 aliphatic heterocycles. The minimum atomic E-state index is -4.07. The molecule has 1 unspecified atom stereocenters. The second kappa shape index (κ2) is 6.62. The lowest BCUT2D eigenvalue weighted by molar-refractivity contribution is -0.136. The lowest BCUT2D eigenvalue weighted by Crippen LogP contribution is -2.61. The number of hydrogen-bond donors (Lipinski definition) is 1. The first-order valence-electron chi connectivity index (χ1n) is 7.59. The van der Waals surface area contributed by atoms with Crippen molar-refractivity contribution in [2.24, 2.45) is 5.73 Å². The quantitative estimate of drug-likeness (QED) is 0.847. The predicted molar refractivity (Wildman–Crippen MR) is 71.5 cm³/mol. The number of halogens is 3. The molecule has 0 spiro atoms. The fourth-order valence-electron chi connectivity index (χ4n) is 3.71. The number of nitrogens with two attached hydrogens (primary N) is 1. The molecule has 0 radical (unpaired) electrons. The van der Waals surface area contributed by atoms with E-state index in [9.17, 15) is 13.2 Å². The van der Waals surface area contributed by atoms with Gasteiger partial charge in [0.05, 0.1) is 13.2 Å². The summed E-state index contributed by atoms with van der Waals surface area (Å²) in [5, 5.41) is 0. The first-order chi connectivity index (χ1) is 9.44. The zero-order valence-corrected chi connectivity index (χ0v) is 11.9. The van der Waals surface area contributed by atoms with E-state index in [1.54, 1.807) is 0 Å². The van der Waals surface area contributed by atoms with Crippen LogP contribution in [0.1, 0.15) is 44.9 Å². The van der Waals surface area contributed by atoms with Gasteiger partial charge < -0.3 is 10.5 Å². The summed E-state index contributed by atoms with van der Waals surface area (Å²) < 4.78 is 42.2. The van der Waals surface area contributed by atoms with Gasteiger partial charge in [0.1, 0.15) is 0 Å². The van der Waals surface area contributed by atoms with Crippen molar-refractivity contribution in [3.8, 4) is 0 Å². The SMILES string of the molecule is NC(CCCC(F)(F)F)C1(N2CCOCC2)CCCC1. The topological polar surface area (TPSA) is 38.5 Å². The van der Waals surface area contributed by atoms with E-state index in [4.69, 9.17) is 10.5 Å². The fraction of sp³-hybridized carbons (Fsp3) is 1.00. The molecule has 1 saturated carbocycles. The summed E-state index contributed by atoms with van der Waals surface area (Å²) in [6, 6.07) is -0.162. The van der Waals surface area contributed by atoms with Gasteiger partial charge in [-0.15, -0.1) is 0 Å². The second-order valence-electron chi connectivity index (χ2n) is 6.02. The van der Waals surface area contributed by atoms with Crippen LogP contribution in [0.3, 0.4) is 0 Å². The average Bonchev–Trinajstić information content (AvgIpc) is 2.89. The summed E-state index contributed by atoms with van der Waals surface area (Å²) in [5.41, 5.74) is 6.24. The Kier molecular flexibility index (Phi) is 5.31. The van der Waals surface area contributed by atoms with Crippen molar-refractivity contribution in [2.75, 3.05) is 26.3 Å². The van der Waals surface area contributed by atoms with Crippen LogP contribution in [0.15, 0.2) is 0 Å². The smallest absolute Gasteiger partial charge is 0.379 e. The Morgan fingerprint density at radius 2 is 1.75 bits per heavy atom. The highest BCUT2D eigenvalue weighted by Crippen LogP contribution is 2.39. The fourth-order valence-corrected chi connectivity index (χ4v) is 3.71. The Bertz CT molecular complexity index is 297. The lowest BCUT2D eigenvalue weighted by Gasteiger charge is -2.47. The molecule has 1 aliphatic carbocycles. The molecule has 1 saturated heterocycles. The summed E-state index contributed by atoms with van der Waals surface area (Å²) >= 11 is 0. The van der Waals surface area contributed by atoms with Gasteiger partial charge in [-0.3, -0.25) is 4.90 Å². The van der Waals surface area contributed by atoms with Crippen LogP contribution in [0.2, 0.25) is 0 Å². The van der Waals surface area contributed by atoms with Gasteiger partial charge >= 0.3 is 6.18 Å². The number of alkyl halides is 3. The molecule has 0 aromatic carbocycles. The summed E-state index contributed by atoms with van der Waals surface area (Å²) in [7, 11) is 0. The van der Waals surface area contributed by atoms with Gasteiger partial charge in [0.25, 0.3) is 0 Å². The van der Waals surface area contributed by atoms with Gasteiger partial charge in [-0.2, -0.15) is 13.2 Å². The van der Waals surface area contributed by atoms with E-state index in [2.05, 4.69) is 4.90 Å². The van der Waals surface area contributed by atoms with E-state index in [0.29, 0.717) is 19.6 Å². The standard InChI is InChI=1S/C14H25F3N2O/c15-14(16,17)7-3-4-12(18)13(5-1-2-6-13)19-8-10-20-11-9-19/h12H,1-11,18H2. The highest BCUT2D eigenvalue weighted by atomic mass is 19.4. The molecule has 20 heavy (non-hydrogen) atoms. The highest BCUT2D eigenvalue weighted by molar-refractivity contribution is 5.02. The molecule has 118 valence electrons. The van der Waals surface area contributed by atoms with Gasteiger partial charge in [-0.05, 0) is 25.7 Å². The minimum Gasteiger partial charge on any atom is -0.379 e. The summed E-state index contributed by atoms with van der Waals surface area (Å²) in [4.78, 5) is 2.38. The van der Waals surface area contributed by atoms with E-state index in [1.165, 1.54) is 0 Å². The first kappa shape index (κ1) is 16.0. The van der Waals surface area contributed by atoms with Crippen molar-refractivity contribution in [3.63, 3.8) is 0 Å². The molecular formula is C14H25F3N2O. The van der Waals surface area contributed by atoms with E-state index < -0.39 is 12.6 Å². The number of nitrogens with zero attached hydrogens (tertiary/aromatic N) is 1. The van der Waals surface area contributed by atoms with Crippen molar-refractivity contribution in [3.05, 3.63) is 0 Å². The zero-order chi connectivity index (χ0) is 14.6. The Morgan fingerprint density at radius 3 is 2.30 bits per heavy atom. The Hall–Kier alpha value is -0.330. The summed E-state index contributed by atoms with van der Waals surface area (Å²) in [5.74, 6) is 0. The van der Waals surface area contributed by atoms with Crippen LogP contribution in [-0.2, 0) is 4.74 Å². The maximum absolute atomic E-state index is 12.3. The predicted octanol–water partition coefficient (Wildman–Crippen LogP) is 2.69. The average molecular weight is 294 g/mol. The molecule has 2 rings (SSSR count). The third-order valence-electron chi connectivity index (χ3n) is 4.78. The minimum absolute atomic E-state index is 0.0879. The van der Waals surface area contributed by atoms with Crippen LogP contribution in [0.25, 0.3) is 0 Å². The largest absolute Gasteiger partial charge is 0.389 e. The van der Waals surface area contributed by atoms with Crippen LogP contribution in [0.4, 0.5) is 13.2 Å². The first-order valence-corrected chi connectivity index (χ1v) is 7.59. The molecular weight excluding hydrogens is 269 g/mol. The van der Waals surface area contributed by atoms with Gasteiger partial charge in [0.15, 0.2) is 0 Å². The number of ether oxygens (including phenoxy) is 1. The molecule has 0 aromatic rings. The molecule has 0 amide bonds. The molecule has 1 atom stereocenters. The summed E-state index contributed by atoms with van der Waals surface area (Å²) in [6.45, 7) is 3.12. The second-order valence-corrected chi connectivity index (χ2v) is 6.02. The Balaban J connectivity index is 1.93. The molecule has 6 heteroatoms. The van der Waals surface area contributed by atoms with Gasteiger partial charge in [-0.25, -0.2) is 0 Å². The zero-order valence-electron chi connectivity index (χ0n) is 11.9. The van der Waals surface area contributed by atoms with Crippen LogP contribution in [-0.4, -0.2) is 49.0 Å². The van der Waals surface area contributed by atoms with E-state index in [-0.39, 0.29) is 18.0 Å². The number of rotatable bonds is 5. The maximum atomic E-state index is 12.3. The van der Waals surface area contributed by atoms with Crippen molar-refractivity contribution in [2.45, 2.75) is 62.7 Å². The van der Waals surface area contributed by atoms with Gasteiger partial charge in [-0.1, -0.05) is 12.8 Å². The van der Waals surface area contributed by atoms with E-state index in [1.807, 2.05) is 0 Å². The van der Waals surface area contributed by atoms with E-state index >= 15 is 0 Å². The third-order valence-corrected chi connectivity index (χ3v) is 4.78. The van der Waals surface area contributed by atoms with Crippen molar-refractivity contribution >= 4 is 0 Å². The normalized spacial score (nSPS) is 25.8. The monoisotopic (exact) mass is 294 g/mol.